The topological polar surface area (TPSA) is 46.5 Å². The first kappa shape index (κ1) is 14.4. The number of hydrogen-bond donors (Lipinski definition) is 1. The van der Waals surface area contributed by atoms with E-state index in [2.05, 4.69) is 4.74 Å². The number of aromatic carboxylic acids is 1. The van der Waals surface area contributed by atoms with E-state index < -0.39 is 30.7 Å². The van der Waals surface area contributed by atoms with Crippen molar-refractivity contribution in [3.63, 3.8) is 0 Å². The minimum atomic E-state index is -4.54. The Balaban J connectivity index is 2.78. The first-order valence-corrected chi connectivity index (χ1v) is 4.92. The highest BCUT2D eigenvalue weighted by Gasteiger charge is 2.36. The second-order valence-corrected chi connectivity index (χ2v) is 3.61. The number of carbonyl (C=O) groups is 1. The second kappa shape index (κ2) is 5.34. The zero-order valence-corrected chi connectivity index (χ0v) is 9.29. The van der Waals surface area contributed by atoms with Gasteiger partial charge in [0.2, 0.25) is 0 Å². The Morgan fingerprint density at radius 2 is 2.06 bits per heavy atom. The van der Waals surface area contributed by atoms with E-state index in [0.717, 1.165) is 25.1 Å². The lowest BCUT2D eigenvalue weighted by molar-refractivity contribution is -0.217. The van der Waals surface area contributed by atoms with Crippen LogP contribution >= 0.6 is 0 Å². The van der Waals surface area contributed by atoms with Crippen molar-refractivity contribution >= 4 is 5.97 Å². The van der Waals surface area contributed by atoms with Crippen LogP contribution in [0.3, 0.4) is 0 Å². The molecule has 3 nitrogen and oxygen atoms in total. The van der Waals surface area contributed by atoms with Crippen molar-refractivity contribution < 1.29 is 32.2 Å². The number of rotatable bonds is 4. The van der Waals surface area contributed by atoms with Gasteiger partial charge in [-0.05, 0) is 25.1 Å². The highest BCUT2D eigenvalue weighted by Crippen LogP contribution is 2.23. The van der Waals surface area contributed by atoms with Crippen LogP contribution in [-0.4, -0.2) is 23.4 Å². The Labute approximate surface area is 100.0 Å². The number of hydrogen-bond acceptors (Lipinski definition) is 2. The Bertz CT molecular complexity index is 442. The molecular formula is C11H10F4O3. The summed E-state index contributed by atoms with van der Waals surface area (Å²) in [5.74, 6) is -2.10. The molecule has 0 fully saturated rings. The molecule has 1 unspecified atom stereocenters. The highest BCUT2D eigenvalue weighted by molar-refractivity contribution is 5.87. The van der Waals surface area contributed by atoms with Gasteiger partial charge < -0.3 is 9.84 Å². The molecule has 0 heterocycles. The van der Waals surface area contributed by atoms with Crippen LogP contribution in [0.25, 0.3) is 0 Å². The van der Waals surface area contributed by atoms with E-state index in [0.29, 0.717) is 0 Å². The zero-order chi connectivity index (χ0) is 13.9. The lowest BCUT2D eigenvalue weighted by Crippen LogP contribution is -2.28. The molecule has 0 amide bonds. The molecule has 0 aliphatic rings. The third kappa shape index (κ3) is 3.69. The molecule has 1 atom stereocenters. The van der Waals surface area contributed by atoms with Crippen molar-refractivity contribution in [1.82, 2.24) is 0 Å². The first-order chi connectivity index (χ1) is 8.21. The van der Waals surface area contributed by atoms with E-state index >= 15 is 0 Å². The summed E-state index contributed by atoms with van der Waals surface area (Å²) in [4.78, 5) is 10.6. The minimum Gasteiger partial charge on any atom is -0.478 e. The third-order valence-electron chi connectivity index (χ3n) is 2.24. The number of alkyl halides is 3. The maximum atomic E-state index is 13.2. The van der Waals surface area contributed by atoms with E-state index in [-0.39, 0.29) is 11.1 Å². The van der Waals surface area contributed by atoms with Gasteiger partial charge in [0.1, 0.15) is 5.82 Å². The lowest BCUT2D eigenvalue weighted by Gasteiger charge is -2.16. The fraction of sp³-hybridized carbons (Fsp3) is 0.364. The van der Waals surface area contributed by atoms with E-state index in [9.17, 15) is 22.4 Å². The van der Waals surface area contributed by atoms with Crippen molar-refractivity contribution in [2.24, 2.45) is 0 Å². The van der Waals surface area contributed by atoms with Crippen molar-refractivity contribution in [2.45, 2.75) is 25.8 Å². The largest absolute Gasteiger partial charge is 0.478 e. The maximum Gasteiger partial charge on any atom is 0.414 e. The number of halogens is 4. The standard InChI is InChI=1S/C11H10F4O3/c1-6(11(13,14)15)18-5-8-4-7(10(16)17)2-3-9(8)12/h2-4,6H,5H2,1H3,(H,16,17). The Morgan fingerprint density at radius 1 is 1.44 bits per heavy atom. The van der Waals surface area contributed by atoms with Gasteiger partial charge in [-0.25, -0.2) is 9.18 Å². The molecule has 0 aliphatic heterocycles. The SMILES string of the molecule is CC(OCc1cc(C(=O)O)ccc1F)C(F)(F)F. The lowest BCUT2D eigenvalue weighted by atomic mass is 10.1. The zero-order valence-electron chi connectivity index (χ0n) is 9.29. The molecule has 0 aliphatic carbocycles. The number of ether oxygens (including phenoxy) is 1. The summed E-state index contributed by atoms with van der Waals surface area (Å²) in [5, 5.41) is 8.66. The van der Waals surface area contributed by atoms with Gasteiger partial charge in [0, 0.05) is 5.56 Å². The Morgan fingerprint density at radius 3 is 2.56 bits per heavy atom. The van der Waals surface area contributed by atoms with E-state index in [1.165, 1.54) is 0 Å². The molecule has 1 aromatic rings. The van der Waals surface area contributed by atoms with Gasteiger partial charge in [-0.2, -0.15) is 13.2 Å². The van der Waals surface area contributed by atoms with Gasteiger partial charge in [-0.15, -0.1) is 0 Å². The average molecular weight is 266 g/mol. The van der Waals surface area contributed by atoms with Gasteiger partial charge in [0.05, 0.1) is 12.2 Å². The second-order valence-electron chi connectivity index (χ2n) is 3.61. The maximum absolute atomic E-state index is 13.2. The van der Waals surface area contributed by atoms with E-state index in [1.807, 2.05) is 0 Å². The molecular weight excluding hydrogens is 256 g/mol. The minimum absolute atomic E-state index is 0.213. The quantitative estimate of drug-likeness (QED) is 0.852. The summed E-state index contributed by atoms with van der Waals surface area (Å²) in [5.41, 5.74) is -0.444. The molecule has 1 rings (SSSR count). The molecule has 18 heavy (non-hydrogen) atoms. The summed E-state index contributed by atoms with van der Waals surface area (Å²) in [6.45, 7) is 0.145. The van der Waals surface area contributed by atoms with Gasteiger partial charge in [0.15, 0.2) is 6.10 Å². The fourth-order valence-electron chi connectivity index (χ4n) is 1.13. The molecule has 0 aromatic heterocycles. The van der Waals surface area contributed by atoms with Crippen molar-refractivity contribution in [3.8, 4) is 0 Å². The van der Waals surface area contributed by atoms with Crippen LogP contribution in [-0.2, 0) is 11.3 Å². The fourth-order valence-corrected chi connectivity index (χ4v) is 1.13. The Hall–Kier alpha value is -1.63. The van der Waals surface area contributed by atoms with Gasteiger partial charge in [-0.1, -0.05) is 0 Å². The molecule has 0 saturated heterocycles. The third-order valence-corrected chi connectivity index (χ3v) is 2.24. The van der Waals surface area contributed by atoms with Crippen LogP contribution in [0.1, 0.15) is 22.8 Å². The monoisotopic (exact) mass is 266 g/mol. The van der Waals surface area contributed by atoms with Crippen LogP contribution in [0.5, 0.6) is 0 Å². The van der Waals surface area contributed by atoms with Crippen molar-refractivity contribution in [1.29, 1.82) is 0 Å². The summed E-state index contributed by atoms with van der Waals surface area (Å²) in [7, 11) is 0. The smallest absolute Gasteiger partial charge is 0.414 e. The van der Waals surface area contributed by atoms with Crippen LogP contribution in [0.4, 0.5) is 17.6 Å². The van der Waals surface area contributed by atoms with Gasteiger partial charge in [-0.3, -0.25) is 0 Å². The Kier molecular flexibility index (Phi) is 4.28. The van der Waals surface area contributed by atoms with Crippen LogP contribution in [0.15, 0.2) is 18.2 Å². The normalized spacial score (nSPS) is 13.4. The summed E-state index contributed by atoms with van der Waals surface area (Å²) in [6.07, 6.45) is -6.59. The van der Waals surface area contributed by atoms with E-state index in [1.54, 1.807) is 0 Å². The predicted octanol–water partition coefficient (Wildman–Crippen LogP) is 2.99. The van der Waals surface area contributed by atoms with Gasteiger partial charge >= 0.3 is 12.1 Å². The molecule has 0 bridgehead atoms. The predicted molar refractivity (Wildman–Crippen MR) is 53.7 cm³/mol. The van der Waals surface area contributed by atoms with E-state index in [4.69, 9.17) is 5.11 Å². The number of carboxylic acids is 1. The molecule has 0 saturated carbocycles. The van der Waals surface area contributed by atoms with Crippen molar-refractivity contribution in [3.05, 3.63) is 35.1 Å². The summed E-state index contributed by atoms with van der Waals surface area (Å²) >= 11 is 0. The molecule has 1 aromatic carbocycles. The highest BCUT2D eigenvalue weighted by atomic mass is 19.4. The summed E-state index contributed by atoms with van der Waals surface area (Å²) in [6, 6.07) is 2.84. The first-order valence-electron chi connectivity index (χ1n) is 4.92. The van der Waals surface area contributed by atoms with Crippen molar-refractivity contribution in [2.75, 3.05) is 0 Å². The van der Waals surface area contributed by atoms with Gasteiger partial charge in [0.25, 0.3) is 0 Å². The van der Waals surface area contributed by atoms with Crippen LogP contribution < -0.4 is 0 Å². The average Bonchev–Trinajstić information content (AvgIpc) is 2.25. The number of benzene rings is 1. The summed E-state index contributed by atoms with van der Waals surface area (Å²) < 4.78 is 54.1. The molecule has 100 valence electrons. The number of carboxylic acid groups (broad SMARTS) is 1. The van der Waals surface area contributed by atoms with Crippen LogP contribution in [0.2, 0.25) is 0 Å². The van der Waals surface area contributed by atoms with Crippen LogP contribution in [0, 0.1) is 5.82 Å². The molecule has 0 radical (unpaired) electrons. The molecule has 0 spiro atoms. The molecule has 7 heteroatoms. The molecule has 1 N–H and O–H groups in total.